The predicted octanol–water partition coefficient (Wildman–Crippen LogP) is -0.243. The van der Waals surface area contributed by atoms with Gasteiger partial charge >= 0.3 is 0 Å². The third-order valence-corrected chi connectivity index (χ3v) is 10.0. The van der Waals surface area contributed by atoms with Crippen LogP contribution in [-0.4, -0.2) is 94.4 Å². The van der Waals surface area contributed by atoms with Crippen LogP contribution in [0.15, 0.2) is 0 Å². The SMILES string of the molecule is Cc1c(NC(=O)CC(=O)Nc2c(C)c(C(N)=O)c(I)c(C(=O)NCC(O)CO)c2I)c(I)c(C(=O)NCC(O)CO)c(C)c1C(N)=O. The van der Waals surface area contributed by atoms with E-state index in [1.165, 1.54) is 20.8 Å². The van der Waals surface area contributed by atoms with Crippen LogP contribution < -0.4 is 32.7 Å². The third-order valence-electron chi connectivity index (χ3n) is 6.78. The van der Waals surface area contributed by atoms with Crippen LogP contribution in [0.3, 0.4) is 0 Å². The first-order valence-electron chi connectivity index (χ1n) is 13.6. The number of carbonyl (C=O) groups excluding carboxylic acids is 6. The van der Waals surface area contributed by atoms with E-state index in [9.17, 15) is 39.0 Å². The number of rotatable bonds is 14. The van der Waals surface area contributed by atoms with Crippen LogP contribution in [0.4, 0.5) is 11.4 Å². The van der Waals surface area contributed by atoms with Gasteiger partial charge in [-0.2, -0.15) is 0 Å². The zero-order valence-electron chi connectivity index (χ0n) is 25.2. The molecule has 0 aliphatic rings. The number of anilines is 2. The van der Waals surface area contributed by atoms with Gasteiger partial charge in [0.25, 0.3) is 11.8 Å². The topological polar surface area (TPSA) is 283 Å². The molecular formula is C28H33I3N6O10. The van der Waals surface area contributed by atoms with Crippen LogP contribution in [0, 0.1) is 31.5 Å². The van der Waals surface area contributed by atoms with Crippen LogP contribution in [0.5, 0.6) is 0 Å². The molecule has 0 aliphatic heterocycles. The molecule has 0 aromatic heterocycles. The first-order valence-corrected chi connectivity index (χ1v) is 16.8. The lowest BCUT2D eigenvalue weighted by atomic mass is 9.94. The largest absolute Gasteiger partial charge is 0.394 e. The number of nitrogens with two attached hydrogens (primary N) is 2. The maximum absolute atomic E-state index is 13.1. The molecule has 0 spiro atoms. The van der Waals surface area contributed by atoms with Gasteiger partial charge < -0.3 is 53.2 Å². The lowest BCUT2D eigenvalue weighted by molar-refractivity contribution is -0.123. The van der Waals surface area contributed by atoms with Crippen molar-refractivity contribution in [1.82, 2.24) is 10.6 Å². The third kappa shape index (κ3) is 9.69. The van der Waals surface area contributed by atoms with Crippen molar-refractivity contribution in [3.05, 3.63) is 49.7 Å². The summed E-state index contributed by atoms with van der Waals surface area (Å²) in [6, 6.07) is 0. The number of hydrogen-bond acceptors (Lipinski definition) is 10. The molecule has 256 valence electrons. The van der Waals surface area contributed by atoms with E-state index in [-0.39, 0.29) is 74.1 Å². The molecule has 2 aromatic rings. The van der Waals surface area contributed by atoms with Crippen molar-refractivity contribution >= 4 is 115 Å². The van der Waals surface area contributed by atoms with Crippen molar-refractivity contribution in [3.8, 4) is 0 Å². The lowest BCUT2D eigenvalue weighted by Gasteiger charge is -2.21. The summed E-state index contributed by atoms with van der Waals surface area (Å²) in [5.74, 6) is -4.91. The second-order valence-electron chi connectivity index (χ2n) is 10.2. The summed E-state index contributed by atoms with van der Waals surface area (Å²) in [6.07, 6.45) is -3.26. The van der Waals surface area contributed by atoms with Crippen LogP contribution in [-0.2, 0) is 9.59 Å². The highest BCUT2D eigenvalue weighted by Gasteiger charge is 2.29. The van der Waals surface area contributed by atoms with Gasteiger partial charge in [0.2, 0.25) is 23.6 Å². The van der Waals surface area contributed by atoms with Gasteiger partial charge in [0, 0.05) is 25.8 Å². The van der Waals surface area contributed by atoms with Gasteiger partial charge in [0.1, 0.15) is 6.42 Å². The number of nitrogens with one attached hydrogen (secondary N) is 4. The smallest absolute Gasteiger partial charge is 0.253 e. The van der Waals surface area contributed by atoms with Crippen LogP contribution in [0.25, 0.3) is 0 Å². The molecule has 0 saturated heterocycles. The molecule has 16 nitrogen and oxygen atoms in total. The Morgan fingerprint density at radius 2 is 1.00 bits per heavy atom. The van der Waals surface area contributed by atoms with Crippen molar-refractivity contribution in [2.24, 2.45) is 11.5 Å². The maximum atomic E-state index is 13.1. The molecule has 19 heteroatoms. The highest BCUT2D eigenvalue weighted by Crippen LogP contribution is 2.35. The molecule has 2 aromatic carbocycles. The molecule has 12 N–H and O–H groups in total. The monoisotopic (exact) mass is 994 g/mol. The zero-order valence-corrected chi connectivity index (χ0v) is 31.7. The molecule has 2 atom stereocenters. The van der Waals surface area contributed by atoms with Gasteiger partial charge in [-0.1, -0.05) is 0 Å². The highest BCUT2D eigenvalue weighted by atomic mass is 127. The molecule has 6 amide bonds. The second-order valence-corrected chi connectivity index (χ2v) is 13.4. The molecule has 0 fully saturated rings. The number of halogens is 3. The minimum Gasteiger partial charge on any atom is -0.394 e. The van der Waals surface area contributed by atoms with E-state index in [0.29, 0.717) is 0 Å². The van der Waals surface area contributed by atoms with E-state index >= 15 is 0 Å². The van der Waals surface area contributed by atoms with Crippen LogP contribution in [0.2, 0.25) is 0 Å². The quantitative estimate of drug-likeness (QED) is 0.0876. The Hall–Kier alpha value is -2.71. The van der Waals surface area contributed by atoms with Crippen molar-refractivity contribution in [2.75, 3.05) is 36.9 Å². The number of benzene rings is 2. The van der Waals surface area contributed by atoms with Gasteiger partial charge in [-0.15, -0.1) is 0 Å². The number of aliphatic hydroxyl groups is 4. The van der Waals surface area contributed by atoms with Gasteiger partial charge in [-0.05, 0) is 105 Å². The van der Waals surface area contributed by atoms with Gasteiger partial charge in [-0.25, -0.2) is 0 Å². The summed E-state index contributed by atoms with van der Waals surface area (Å²) in [6.45, 7) is 2.67. The summed E-state index contributed by atoms with van der Waals surface area (Å²) in [4.78, 5) is 77.0. The summed E-state index contributed by atoms with van der Waals surface area (Å²) in [7, 11) is 0. The highest BCUT2D eigenvalue weighted by molar-refractivity contribution is 14.1. The van der Waals surface area contributed by atoms with Gasteiger partial charge in [0.05, 0.1) is 57.1 Å². The maximum Gasteiger partial charge on any atom is 0.253 e. The number of primary amides is 2. The van der Waals surface area contributed by atoms with E-state index in [2.05, 4.69) is 21.3 Å². The molecule has 0 radical (unpaired) electrons. The average Bonchev–Trinajstić information content (AvgIpc) is 2.98. The fraction of sp³-hybridized carbons (Fsp3) is 0.357. The molecular weight excluding hydrogens is 961 g/mol. The number of carbonyl (C=O) groups is 6. The van der Waals surface area contributed by atoms with E-state index in [1.54, 1.807) is 67.8 Å². The van der Waals surface area contributed by atoms with E-state index in [4.69, 9.17) is 21.7 Å². The first kappa shape index (κ1) is 40.5. The van der Waals surface area contributed by atoms with Crippen LogP contribution >= 0.6 is 67.8 Å². The van der Waals surface area contributed by atoms with E-state index in [1.807, 2.05) is 0 Å². The summed E-state index contributed by atoms with van der Waals surface area (Å²) in [5.41, 5.74) is 11.8. The molecule has 2 rings (SSSR count). The molecule has 0 heterocycles. The van der Waals surface area contributed by atoms with E-state index < -0.39 is 67.3 Å². The number of hydrogen-bond donors (Lipinski definition) is 10. The molecule has 47 heavy (non-hydrogen) atoms. The van der Waals surface area contributed by atoms with Gasteiger partial charge in [0.15, 0.2) is 0 Å². The van der Waals surface area contributed by atoms with Crippen molar-refractivity contribution < 1.29 is 49.2 Å². The lowest BCUT2D eigenvalue weighted by Crippen LogP contribution is -2.35. The Balaban J connectivity index is 2.46. The normalized spacial score (nSPS) is 12.1. The fourth-order valence-corrected chi connectivity index (χ4v) is 8.40. The van der Waals surface area contributed by atoms with Crippen molar-refractivity contribution in [3.63, 3.8) is 0 Å². The van der Waals surface area contributed by atoms with Crippen LogP contribution in [0.1, 0.15) is 64.5 Å². The van der Waals surface area contributed by atoms with E-state index in [0.717, 1.165) is 0 Å². The molecule has 0 saturated carbocycles. The molecule has 2 unspecified atom stereocenters. The number of aliphatic hydroxyl groups excluding tert-OH is 4. The Morgan fingerprint density at radius 1 is 0.617 bits per heavy atom. The molecule has 0 aliphatic carbocycles. The minimum atomic E-state index is -1.24. The Morgan fingerprint density at radius 3 is 1.40 bits per heavy atom. The minimum absolute atomic E-state index is 0.0183. The summed E-state index contributed by atoms with van der Waals surface area (Å²) >= 11 is 5.34. The average molecular weight is 994 g/mol. The predicted molar refractivity (Wildman–Crippen MR) is 195 cm³/mol. The van der Waals surface area contributed by atoms with Crippen molar-refractivity contribution in [1.29, 1.82) is 0 Å². The fourth-order valence-electron chi connectivity index (χ4n) is 4.46. The Labute approximate surface area is 309 Å². The van der Waals surface area contributed by atoms with Gasteiger partial charge in [-0.3, -0.25) is 28.8 Å². The summed E-state index contributed by atoms with van der Waals surface area (Å²) in [5, 5.41) is 47.4. The molecule has 0 bridgehead atoms. The zero-order chi connectivity index (χ0) is 35.9. The Kier molecular flexibility index (Phi) is 15.2. The first-order chi connectivity index (χ1) is 21.9. The number of amides is 6. The second kappa shape index (κ2) is 17.6. The summed E-state index contributed by atoms with van der Waals surface area (Å²) < 4.78 is 0.601. The standard InChI is InChI=1S/C28H33I3N6O10/c1-9-16(25(32)44)10(2)23(21(30)18(9)27(46)34-5-12(40)7-38)36-14(42)4-15(43)37-24-11(3)17(26(33)45)20(29)19(22(24)31)28(47)35-6-13(41)8-39/h12-13,38-41H,4-8H2,1-3H3,(H2,32,44)(H2,33,45)(H,34,46)(H,35,47)(H,36,42)(H,37,43). The van der Waals surface area contributed by atoms with Crippen molar-refractivity contribution in [2.45, 2.75) is 39.4 Å². The Bertz CT molecular complexity index is 1520.